The minimum atomic E-state index is 0.0215. The number of methoxy groups -OCH3 is 1. The molecule has 5 heteroatoms. The zero-order valence-electron chi connectivity index (χ0n) is 16.9. The standard InChI is InChI=1S/C25H22BrNO3/c1-3-27-22-7-5-4-6-20(22)21(25(27)28)14-18-10-13-23(24(15-18)29-2)30-16-17-8-11-19(26)12-9-17/h4-15H,3,16H2,1-2H3/b21-14-. The number of para-hydroxylation sites is 1. The van der Waals surface area contributed by atoms with Crippen LogP contribution in [0.15, 0.2) is 71.2 Å². The van der Waals surface area contributed by atoms with Gasteiger partial charge in [0.15, 0.2) is 11.5 Å². The van der Waals surface area contributed by atoms with Gasteiger partial charge in [0, 0.05) is 22.2 Å². The number of hydrogen-bond donors (Lipinski definition) is 0. The number of likely N-dealkylation sites (N-methyl/N-ethyl adjacent to an activating group) is 1. The molecule has 3 aromatic rings. The fourth-order valence-electron chi connectivity index (χ4n) is 3.56. The molecule has 0 saturated heterocycles. The van der Waals surface area contributed by atoms with Crippen LogP contribution in [0.5, 0.6) is 11.5 Å². The normalized spacial score (nSPS) is 14.2. The zero-order chi connectivity index (χ0) is 21.1. The van der Waals surface area contributed by atoms with Crippen LogP contribution >= 0.6 is 15.9 Å². The van der Waals surface area contributed by atoms with Crippen molar-refractivity contribution in [3.05, 3.63) is 87.9 Å². The smallest absolute Gasteiger partial charge is 0.258 e. The second kappa shape index (κ2) is 8.76. The van der Waals surface area contributed by atoms with Gasteiger partial charge < -0.3 is 14.4 Å². The molecular formula is C25H22BrNO3. The lowest BCUT2D eigenvalue weighted by Gasteiger charge is -2.13. The van der Waals surface area contributed by atoms with Crippen molar-refractivity contribution in [3.8, 4) is 11.5 Å². The molecule has 30 heavy (non-hydrogen) atoms. The number of carbonyl (C=O) groups excluding carboxylic acids is 1. The van der Waals surface area contributed by atoms with E-state index in [1.165, 1.54) is 0 Å². The molecule has 1 amide bonds. The molecule has 0 aliphatic carbocycles. The summed E-state index contributed by atoms with van der Waals surface area (Å²) in [6.07, 6.45) is 1.91. The summed E-state index contributed by atoms with van der Waals surface area (Å²) in [6.45, 7) is 3.07. The molecule has 0 unspecified atom stereocenters. The third-order valence-corrected chi connectivity index (χ3v) is 5.61. The highest BCUT2D eigenvalue weighted by atomic mass is 79.9. The number of halogens is 1. The molecule has 0 spiro atoms. The summed E-state index contributed by atoms with van der Waals surface area (Å²) in [7, 11) is 1.62. The molecule has 0 radical (unpaired) electrons. The molecule has 1 aliphatic rings. The lowest BCUT2D eigenvalue weighted by atomic mass is 10.0. The summed E-state index contributed by atoms with van der Waals surface area (Å²) in [6, 6.07) is 21.6. The molecule has 0 atom stereocenters. The molecule has 1 aliphatic heterocycles. The van der Waals surface area contributed by atoms with Gasteiger partial charge in [0.1, 0.15) is 6.61 Å². The van der Waals surface area contributed by atoms with Crippen LogP contribution in [0.25, 0.3) is 11.6 Å². The van der Waals surface area contributed by atoms with E-state index in [4.69, 9.17) is 9.47 Å². The van der Waals surface area contributed by atoms with E-state index >= 15 is 0 Å². The van der Waals surface area contributed by atoms with Gasteiger partial charge in [-0.3, -0.25) is 4.79 Å². The third-order valence-electron chi connectivity index (χ3n) is 5.08. The van der Waals surface area contributed by atoms with Crippen LogP contribution in [0.1, 0.15) is 23.6 Å². The quantitative estimate of drug-likeness (QED) is 0.424. The largest absolute Gasteiger partial charge is 0.493 e. The molecule has 4 nitrogen and oxygen atoms in total. The first-order valence-corrected chi connectivity index (χ1v) is 10.6. The molecule has 4 rings (SSSR count). The van der Waals surface area contributed by atoms with Crippen molar-refractivity contribution < 1.29 is 14.3 Å². The van der Waals surface area contributed by atoms with Gasteiger partial charge in [-0.1, -0.05) is 52.3 Å². The van der Waals surface area contributed by atoms with E-state index in [2.05, 4.69) is 15.9 Å². The maximum atomic E-state index is 12.9. The second-order valence-electron chi connectivity index (χ2n) is 6.95. The topological polar surface area (TPSA) is 38.8 Å². The SMILES string of the molecule is CCN1C(=O)/C(=C\c2ccc(OCc3ccc(Br)cc3)c(OC)c2)c2ccccc21. The summed E-state index contributed by atoms with van der Waals surface area (Å²) in [4.78, 5) is 14.7. The van der Waals surface area contributed by atoms with Gasteiger partial charge in [-0.15, -0.1) is 0 Å². The molecule has 1 heterocycles. The van der Waals surface area contributed by atoms with Crippen LogP contribution in [0.2, 0.25) is 0 Å². The average Bonchev–Trinajstić information content (AvgIpc) is 3.04. The maximum Gasteiger partial charge on any atom is 0.258 e. The number of benzene rings is 3. The van der Waals surface area contributed by atoms with E-state index in [0.717, 1.165) is 26.9 Å². The van der Waals surface area contributed by atoms with Gasteiger partial charge in [-0.05, 0) is 54.5 Å². The van der Waals surface area contributed by atoms with Gasteiger partial charge in [0.25, 0.3) is 5.91 Å². The fraction of sp³-hybridized carbons (Fsp3) is 0.160. The zero-order valence-corrected chi connectivity index (χ0v) is 18.5. The number of amides is 1. The van der Waals surface area contributed by atoms with Crippen molar-refractivity contribution in [3.63, 3.8) is 0 Å². The molecule has 0 aromatic heterocycles. The van der Waals surface area contributed by atoms with Crippen molar-refractivity contribution >= 4 is 39.2 Å². The van der Waals surface area contributed by atoms with Crippen LogP contribution < -0.4 is 14.4 Å². The summed E-state index contributed by atoms with van der Waals surface area (Å²) >= 11 is 3.44. The predicted octanol–water partition coefficient (Wildman–Crippen LogP) is 5.94. The first-order valence-electron chi connectivity index (χ1n) is 9.79. The van der Waals surface area contributed by atoms with Gasteiger partial charge in [0.05, 0.1) is 12.8 Å². The van der Waals surface area contributed by atoms with E-state index < -0.39 is 0 Å². The van der Waals surface area contributed by atoms with E-state index in [1.54, 1.807) is 12.0 Å². The predicted molar refractivity (Wildman–Crippen MR) is 124 cm³/mol. The number of fused-ring (bicyclic) bond motifs is 1. The van der Waals surface area contributed by atoms with Gasteiger partial charge in [-0.25, -0.2) is 0 Å². The molecule has 152 valence electrons. The van der Waals surface area contributed by atoms with Gasteiger partial charge >= 0.3 is 0 Å². The maximum absolute atomic E-state index is 12.9. The van der Waals surface area contributed by atoms with Crippen LogP contribution in [-0.2, 0) is 11.4 Å². The van der Waals surface area contributed by atoms with E-state index in [1.807, 2.05) is 79.7 Å². The Kier molecular flexibility index (Phi) is 5.91. The second-order valence-corrected chi connectivity index (χ2v) is 7.87. The van der Waals surface area contributed by atoms with Crippen LogP contribution in [0, 0.1) is 0 Å². The first kappa shape index (κ1) is 20.2. The van der Waals surface area contributed by atoms with Crippen LogP contribution in [0.3, 0.4) is 0 Å². The Hall–Kier alpha value is -3.05. The van der Waals surface area contributed by atoms with Crippen LogP contribution in [0.4, 0.5) is 5.69 Å². The highest BCUT2D eigenvalue weighted by molar-refractivity contribution is 9.10. The number of hydrogen-bond acceptors (Lipinski definition) is 3. The van der Waals surface area contributed by atoms with E-state index in [9.17, 15) is 4.79 Å². The molecule has 0 saturated carbocycles. The minimum Gasteiger partial charge on any atom is -0.493 e. The van der Waals surface area contributed by atoms with Crippen LogP contribution in [-0.4, -0.2) is 19.6 Å². The number of nitrogens with zero attached hydrogens (tertiary/aromatic N) is 1. The van der Waals surface area contributed by atoms with E-state index in [0.29, 0.717) is 30.2 Å². The average molecular weight is 464 g/mol. The lowest BCUT2D eigenvalue weighted by Crippen LogP contribution is -2.25. The monoisotopic (exact) mass is 463 g/mol. The Labute approximate surface area is 184 Å². The van der Waals surface area contributed by atoms with Crippen molar-refractivity contribution in [1.82, 2.24) is 0 Å². The lowest BCUT2D eigenvalue weighted by molar-refractivity contribution is -0.112. The molecule has 0 bridgehead atoms. The summed E-state index contributed by atoms with van der Waals surface area (Å²) in [5, 5.41) is 0. The minimum absolute atomic E-state index is 0.0215. The third kappa shape index (κ3) is 3.98. The van der Waals surface area contributed by atoms with Gasteiger partial charge in [-0.2, -0.15) is 0 Å². The Morgan fingerprint density at radius 1 is 1.00 bits per heavy atom. The van der Waals surface area contributed by atoms with Crippen molar-refractivity contribution in [2.24, 2.45) is 0 Å². The highest BCUT2D eigenvalue weighted by Crippen LogP contribution is 2.38. The Bertz CT molecular complexity index is 1110. The number of anilines is 1. The summed E-state index contributed by atoms with van der Waals surface area (Å²) in [5.74, 6) is 1.32. The van der Waals surface area contributed by atoms with Crippen molar-refractivity contribution in [1.29, 1.82) is 0 Å². The number of carbonyl (C=O) groups is 1. The highest BCUT2D eigenvalue weighted by Gasteiger charge is 2.30. The number of ether oxygens (including phenoxy) is 2. The Morgan fingerprint density at radius 2 is 1.77 bits per heavy atom. The molecule has 0 N–H and O–H groups in total. The van der Waals surface area contributed by atoms with Crippen molar-refractivity contribution in [2.45, 2.75) is 13.5 Å². The van der Waals surface area contributed by atoms with E-state index in [-0.39, 0.29) is 5.91 Å². The number of rotatable bonds is 6. The molecular weight excluding hydrogens is 442 g/mol. The summed E-state index contributed by atoms with van der Waals surface area (Å²) < 4.78 is 12.5. The first-order chi connectivity index (χ1) is 14.6. The Balaban J connectivity index is 1.60. The van der Waals surface area contributed by atoms with Gasteiger partial charge in [0.2, 0.25) is 0 Å². The Morgan fingerprint density at radius 3 is 2.50 bits per heavy atom. The van der Waals surface area contributed by atoms with Crippen molar-refractivity contribution in [2.75, 3.05) is 18.6 Å². The summed E-state index contributed by atoms with van der Waals surface area (Å²) in [5.41, 5.74) is 4.56. The fourth-order valence-corrected chi connectivity index (χ4v) is 3.83. The molecule has 3 aromatic carbocycles. The molecule has 0 fully saturated rings.